The van der Waals surface area contributed by atoms with Crippen LogP contribution in [-0.4, -0.2) is 41.0 Å². The van der Waals surface area contributed by atoms with Crippen molar-refractivity contribution in [3.05, 3.63) is 23.9 Å². The summed E-state index contributed by atoms with van der Waals surface area (Å²) in [6.07, 6.45) is 6.25. The maximum absolute atomic E-state index is 12.2. The first kappa shape index (κ1) is 12.4. The summed E-state index contributed by atoms with van der Waals surface area (Å²) in [5.41, 5.74) is 6.21. The summed E-state index contributed by atoms with van der Waals surface area (Å²) < 4.78 is 0. The number of aromatic nitrogens is 1. The third-order valence-corrected chi connectivity index (χ3v) is 4.24. The number of pyridine rings is 1. The lowest BCUT2D eigenvalue weighted by atomic mass is 9.97. The quantitative estimate of drug-likeness (QED) is 0.833. The molecule has 2 aliphatic heterocycles. The zero-order valence-corrected chi connectivity index (χ0v) is 11.0. The van der Waals surface area contributed by atoms with E-state index in [0.717, 1.165) is 19.4 Å². The topological polar surface area (TPSA) is 71.2 Å². The Morgan fingerprint density at radius 1 is 1.42 bits per heavy atom. The lowest BCUT2D eigenvalue weighted by Crippen LogP contribution is -2.47. The zero-order valence-electron chi connectivity index (χ0n) is 11.0. The van der Waals surface area contributed by atoms with Gasteiger partial charge in [-0.3, -0.25) is 4.79 Å². The molecular weight excluding hydrogens is 240 g/mol. The number of anilines is 1. The maximum atomic E-state index is 12.2. The maximum Gasteiger partial charge on any atom is 0.255 e. The molecule has 102 valence electrons. The number of nitrogens with one attached hydrogen (secondary N) is 1. The molecule has 0 spiro atoms. The number of piperidine rings is 1. The van der Waals surface area contributed by atoms with Crippen LogP contribution in [0.4, 0.5) is 5.82 Å². The van der Waals surface area contributed by atoms with Gasteiger partial charge in [-0.2, -0.15) is 0 Å². The fourth-order valence-corrected chi connectivity index (χ4v) is 3.23. The normalized spacial score (nSPS) is 26.9. The van der Waals surface area contributed by atoms with Crippen LogP contribution in [0.2, 0.25) is 0 Å². The van der Waals surface area contributed by atoms with Crippen molar-refractivity contribution in [2.75, 3.05) is 18.8 Å². The minimum atomic E-state index is -0.0953. The highest BCUT2D eigenvalue weighted by atomic mass is 16.1. The fourth-order valence-electron chi connectivity index (χ4n) is 3.23. The standard InChI is InChI=1S/C14H20N4O/c15-13-12(4-1-6-16-13)14(19)17-10-5-8-18-7-2-3-11(18)9-10/h1,4,6,10-11H,2-3,5,7-9H2,(H2,15,16)(H,17,19). The smallest absolute Gasteiger partial charge is 0.255 e. The molecule has 0 aromatic carbocycles. The van der Waals surface area contributed by atoms with Crippen molar-refractivity contribution in [2.24, 2.45) is 0 Å². The van der Waals surface area contributed by atoms with Gasteiger partial charge in [-0.05, 0) is 44.4 Å². The molecule has 0 radical (unpaired) electrons. The molecule has 2 atom stereocenters. The van der Waals surface area contributed by atoms with E-state index in [1.807, 2.05) is 0 Å². The van der Waals surface area contributed by atoms with Gasteiger partial charge in [0.1, 0.15) is 5.82 Å². The largest absolute Gasteiger partial charge is 0.383 e. The Morgan fingerprint density at radius 3 is 3.16 bits per heavy atom. The highest BCUT2D eigenvalue weighted by molar-refractivity contribution is 5.98. The van der Waals surface area contributed by atoms with E-state index in [4.69, 9.17) is 5.73 Å². The second-order valence-corrected chi connectivity index (χ2v) is 5.46. The Labute approximate surface area is 113 Å². The Balaban J connectivity index is 1.62. The Bertz CT molecular complexity index is 476. The van der Waals surface area contributed by atoms with Crippen molar-refractivity contribution in [1.82, 2.24) is 15.2 Å². The van der Waals surface area contributed by atoms with Crippen LogP contribution in [-0.2, 0) is 0 Å². The van der Waals surface area contributed by atoms with Crippen molar-refractivity contribution in [1.29, 1.82) is 0 Å². The molecule has 2 fully saturated rings. The number of hydrogen-bond donors (Lipinski definition) is 2. The molecular formula is C14H20N4O. The Hall–Kier alpha value is -1.62. The van der Waals surface area contributed by atoms with Crippen molar-refractivity contribution in [3.63, 3.8) is 0 Å². The number of fused-ring (bicyclic) bond motifs is 1. The molecule has 3 heterocycles. The van der Waals surface area contributed by atoms with Crippen molar-refractivity contribution >= 4 is 11.7 Å². The molecule has 0 bridgehead atoms. The van der Waals surface area contributed by atoms with Crippen LogP contribution in [0.3, 0.4) is 0 Å². The van der Waals surface area contributed by atoms with Crippen LogP contribution in [0.15, 0.2) is 18.3 Å². The van der Waals surface area contributed by atoms with Crippen LogP contribution in [0.1, 0.15) is 36.0 Å². The molecule has 2 saturated heterocycles. The third kappa shape index (κ3) is 2.56. The summed E-state index contributed by atoms with van der Waals surface area (Å²) in [6.45, 7) is 2.32. The summed E-state index contributed by atoms with van der Waals surface area (Å²) in [6, 6.07) is 4.39. The number of carbonyl (C=O) groups is 1. The number of nitrogen functional groups attached to an aromatic ring is 1. The molecule has 5 heteroatoms. The number of carbonyl (C=O) groups excluding carboxylic acids is 1. The van der Waals surface area contributed by atoms with E-state index < -0.39 is 0 Å². The Morgan fingerprint density at radius 2 is 2.32 bits per heavy atom. The van der Waals surface area contributed by atoms with E-state index in [-0.39, 0.29) is 11.9 Å². The van der Waals surface area contributed by atoms with Crippen LogP contribution >= 0.6 is 0 Å². The molecule has 1 amide bonds. The Kier molecular flexibility index (Phi) is 3.38. The highest BCUT2D eigenvalue weighted by Gasteiger charge is 2.32. The lowest BCUT2D eigenvalue weighted by molar-refractivity contribution is 0.0897. The highest BCUT2D eigenvalue weighted by Crippen LogP contribution is 2.27. The van der Waals surface area contributed by atoms with E-state index in [2.05, 4.69) is 15.2 Å². The van der Waals surface area contributed by atoms with E-state index in [9.17, 15) is 4.79 Å². The molecule has 0 aliphatic carbocycles. The first-order valence-corrected chi connectivity index (χ1v) is 6.99. The lowest BCUT2D eigenvalue weighted by Gasteiger charge is -2.35. The fraction of sp³-hybridized carbons (Fsp3) is 0.571. The second kappa shape index (κ2) is 5.17. The van der Waals surface area contributed by atoms with Crippen LogP contribution in [0, 0.1) is 0 Å². The molecule has 1 aromatic heterocycles. The van der Waals surface area contributed by atoms with E-state index >= 15 is 0 Å². The zero-order chi connectivity index (χ0) is 13.2. The number of amides is 1. The van der Waals surface area contributed by atoms with Gasteiger partial charge in [-0.1, -0.05) is 0 Å². The average molecular weight is 260 g/mol. The van der Waals surface area contributed by atoms with Crippen LogP contribution < -0.4 is 11.1 Å². The minimum Gasteiger partial charge on any atom is -0.383 e. The van der Waals surface area contributed by atoms with Crippen molar-refractivity contribution in [3.8, 4) is 0 Å². The predicted octanol–water partition coefficient (Wildman–Crippen LogP) is 1.02. The van der Waals surface area contributed by atoms with Gasteiger partial charge in [0.2, 0.25) is 0 Å². The molecule has 0 saturated carbocycles. The van der Waals surface area contributed by atoms with Crippen molar-refractivity contribution < 1.29 is 4.79 Å². The van der Waals surface area contributed by atoms with Gasteiger partial charge in [0, 0.05) is 24.8 Å². The minimum absolute atomic E-state index is 0.0953. The summed E-state index contributed by atoms with van der Waals surface area (Å²) >= 11 is 0. The van der Waals surface area contributed by atoms with Gasteiger partial charge in [-0.15, -0.1) is 0 Å². The van der Waals surface area contributed by atoms with Crippen molar-refractivity contribution in [2.45, 2.75) is 37.8 Å². The molecule has 2 aliphatic rings. The number of rotatable bonds is 2. The number of nitrogens with two attached hydrogens (primary N) is 1. The molecule has 1 aromatic rings. The van der Waals surface area contributed by atoms with Gasteiger partial charge >= 0.3 is 0 Å². The van der Waals surface area contributed by atoms with Gasteiger partial charge in [-0.25, -0.2) is 4.98 Å². The van der Waals surface area contributed by atoms with Crippen LogP contribution in [0.5, 0.6) is 0 Å². The molecule has 5 nitrogen and oxygen atoms in total. The SMILES string of the molecule is Nc1ncccc1C(=O)NC1CCN2CCCC2C1. The number of hydrogen-bond acceptors (Lipinski definition) is 4. The van der Waals surface area contributed by atoms with E-state index in [0.29, 0.717) is 17.4 Å². The predicted molar refractivity (Wildman–Crippen MR) is 73.7 cm³/mol. The second-order valence-electron chi connectivity index (χ2n) is 5.46. The monoisotopic (exact) mass is 260 g/mol. The molecule has 3 N–H and O–H groups in total. The van der Waals surface area contributed by atoms with Gasteiger partial charge in [0.05, 0.1) is 5.56 Å². The van der Waals surface area contributed by atoms with E-state index in [1.54, 1.807) is 18.3 Å². The van der Waals surface area contributed by atoms with Crippen LogP contribution in [0.25, 0.3) is 0 Å². The first-order valence-electron chi connectivity index (χ1n) is 6.99. The first-order chi connectivity index (χ1) is 9.24. The van der Waals surface area contributed by atoms with Gasteiger partial charge in [0.15, 0.2) is 0 Å². The molecule has 2 unspecified atom stereocenters. The summed E-state index contributed by atoms with van der Waals surface area (Å²) in [5.74, 6) is 0.209. The summed E-state index contributed by atoms with van der Waals surface area (Å²) in [5, 5.41) is 3.10. The molecule has 19 heavy (non-hydrogen) atoms. The third-order valence-electron chi connectivity index (χ3n) is 4.24. The van der Waals surface area contributed by atoms with Gasteiger partial charge < -0.3 is 16.0 Å². The molecule has 3 rings (SSSR count). The summed E-state index contributed by atoms with van der Waals surface area (Å²) in [7, 11) is 0. The van der Waals surface area contributed by atoms with Gasteiger partial charge in [0.25, 0.3) is 5.91 Å². The van der Waals surface area contributed by atoms with E-state index in [1.165, 1.54) is 19.4 Å². The summed E-state index contributed by atoms with van der Waals surface area (Å²) in [4.78, 5) is 18.7. The average Bonchev–Trinajstić information content (AvgIpc) is 2.86. The number of nitrogens with zero attached hydrogens (tertiary/aromatic N) is 2.